The van der Waals surface area contributed by atoms with E-state index in [1.165, 1.54) is 12.1 Å². The van der Waals surface area contributed by atoms with Gasteiger partial charge in [0, 0.05) is 31.9 Å². The minimum Gasteiger partial charge on any atom is -0.379 e. The van der Waals surface area contributed by atoms with Crippen molar-refractivity contribution < 1.29 is 23.5 Å². The van der Waals surface area contributed by atoms with E-state index in [0.717, 1.165) is 39.3 Å². The largest absolute Gasteiger partial charge is 0.379 e. The number of likely N-dealkylation sites (tertiary alicyclic amines) is 1. The Morgan fingerprint density at radius 2 is 2.10 bits per heavy atom. The number of fused-ring (bicyclic) bond motifs is 1. The van der Waals surface area contributed by atoms with Gasteiger partial charge in [0.2, 0.25) is 11.8 Å². The first kappa shape index (κ1) is 19.7. The Labute approximate surface area is 174 Å². The van der Waals surface area contributed by atoms with Crippen molar-refractivity contribution in [3.05, 3.63) is 42.2 Å². The van der Waals surface area contributed by atoms with Crippen LogP contribution in [-0.2, 0) is 19.1 Å². The van der Waals surface area contributed by atoms with Gasteiger partial charge in [-0.25, -0.2) is 4.39 Å². The molecule has 0 radical (unpaired) electrons. The molecule has 1 aromatic carbocycles. The number of nitrogens with zero attached hydrogens (tertiary/aromatic N) is 2. The number of anilines is 1. The van der Waals surface area contributed by atoms with Gasteiger partial charge in [0.25, 0.3) is 0 Å². The van der Waals surface area contributed by atoms with Crippen molar-refractivity contribution in [2.24, 2.45) is 11.8 Å². The fraction of sp³-hybridized carbons (Fsp3) is 0.545. The van der Waals surface area contributed by atoms with Crippen molar-refractivity contribution in [1.82, 2.24) is 9.80 Å². The van der Waals surface area contributed by atoms with Crippen LogP contribution in [0.5, 0.6) is 0 Å². The molecule has 0 aliphatic carbocycles. The number of carbonyl (C=O) groups is 2. The average molecular weight is 415 g/mol. The van der Waals surface area contributed by atoms with Crippen LogP contribution in [0.3, 0.4) is 0 Å². The second-order valence-corrected chi connectivity index (χ2v) is 8.47. The van der Waals surface area contributed by atoms with Crippen LogP contribution >= 0.6 is 0 Å². The predicted octanol–water partition coefficient (Wildman–Crippen LogP) is 1.27. The molecule has 7 nitrogen and oxygen atoms in total. The van der Waals surface area contributed by atoms with Gasteiger partial charge in [-0.2, -0.15) is 0 Å². The molecule has 0 aromatic heterocycles. The molecule has 3 fully saturated rings. The second-order valence-electron chi connectivity index (χ2n) is 8.47. The van der Waals surface area contributed by atoms with Crippen LogP contribution in [0, 0.1) is 17.7 Å². The SMILES string of the molecule is O=C(Nc1cccc(F)c1)[C@H]1[C@H]2C=C[C@@]3(CN(CCCN4CCOCC4)C(=O)[C@@H]13)O2. The monoisotopic (exact) mass is 415 g/mol. The van der Waals surface area contributed by atoms with Crippen molar-refractivity contribution in [3.63, 3.8) is 0 Å². The molecule has 2 bridgehead atoms. The number of halogens is 1. The lowest BCUT2D eigenvalue weighted by Gasteiger charge is -2.27. The average Bonchev–Trinajstić information content (AvgIpc) is 3.37. The molecule has 4 atom stereocenters. The van der Waals surface area contributed by atoms with E-state index in [0.29, 0.717) is 18.8 Å². The highest BCUT2D eigenvalue weighted by molar-refractivity contribution is 5.99. The lowest BCUT2D eigenvalue weighted by molar-refractivity contribution is -0.135. The van der Waals surface area contributed by atoms with Crippen molar-refractivity contribution >= 4 is 17.5 Å². The summed E-state index contributed by atoms with van der Waals surface area (Å²) < 4.78 is 25.0. The number of rotatable bonds is 6. The Morgan fingerprint density at radius 3 is 2.90 bits per heavy atom. The Hall–Kier alpha value is -2.29. The van der Waals surface area contributed by atoms with Gasteiger partial charge in [0.15, 0.2) is 0 Å². The molecule has 5 rings (SSSR count). The van der Waals surface area contributed by atoms with Gasteiger partial charge in [0.05, 0.1) is 37.7 Å². The van der Waals surface area contributed by atoms with Crippen molar-refractivity contribution in [2.45, 2.75) is 18.1 Å². The fourth-order valence-corrected chi connectivity index (χ4v) is 5.17. The maximum atomic E-state index is 13.5. The minimum atomic E-state index is -0.718. The molecule has 0 unspecified atom stereocenters. The number of hydrogen-bond donors (Lipinski definition) is 1. The topological polar surface area (TPSA) is 71.1 Å². The number of ether oxygens (including phenoxy) is 2. The number of carbonyl (C=O) groups excluding carboxylic acids is 2. The van der Waals surface area contributed by atoms with Gasteiger partial charge in [-0.05, 0) is 24.6 Å². The lowest BCUT2D eigenvalue weighted by atomic mass is 9.77. The first-order chi connectivity index (χ1) is 14.6. The molecular formula is C22H26FN3O4. The van der Waals surface area contributed by atoms with E-state index in [1.807, 2.05) is 17.1 Å². The van der Waals surface area contributed by atoms with Crippen LogP contribution in [0.1, 0.15) is 6.42 Å². The lowest BCUT2D eigenvalue weighted by Crippen LogP contribution is -2.41. The predicted molar refractivity (Wildman–Crippen MR) is 107 cm³/mol. The Morgan fingerprint density at radius 1 is 1.27 bits per heavy atom. The summed E-state index contributed by atoms with van der Waals surface area (Å²) in [6.45, 7) is 5.43. The van der Waals surface area contributed by atoms with Crippen LogP contribution in [0.25, 0.3) is 0 Å². The number of hydrogen-bond acceptors (Lipinski definition) is 5. The third kappa shape index (κ3) is 3.42. The summed E-state index contributed by atoms with van der Waals surface area (Å²) in [6, 6.07) is 5.77. The van der Waals surface area contributed by atoms with E-state index in [2.05, 4.69) is 10.2 Å². The molecule has 8 heteroatoms. The molecular weight excluding hydrogens is 389 g/mol. The van der Waals surface area contributed by atoms with Crippen LogP contribution in [0.2, 0.25) is 0 Å². The molecule has 0 saturated carbocycles. The highest BCUT2D eigenvalue weighted by Crippen LogP contribution is 2.52. The fourth-order valence-electron chi connectivity index (χ4n) is 5.17. The van der Waals surface area contributed by atoms with Crippen LogP contribution in [-0.4, -0.2) is 79.3 Å². The van der Waals surface area contributed by atoms with Crippen LogP contribution in [0.4, 0.5) is 10.1 Å². The van der Waals surface area contributed by atoms with Crippen LogP contribution < -0.4 is 5.32 Å². The summed E-state index contributed by atoms with van der Waals surface area (Å²) in [4.78, 5) is 30.4. The molecule has 4 aliphatic heterocycles. The number of morpholine rings is 1. The Balaban J connectivity index is 1.24. The zero-order chi connectivity index (χ0) is 20.7. The smallest absolute Gasteiger partial charge is 0.231 e. The third-order valence-electron chi connectivity index (χ3n) is 6.58. The quantitative estimate of drug-likeness (QED) is 0.709. The van der Waals surface area contributed by atoms with Crippen molar-refractivity contribution in [1.29, 1.82) is 0 Å². The first-order valence-electron chi connectivity index (χ1n) is 10.6. The number of benzene rings is 1. The normalized spacial score (nSPS) is 32.6. The van der Waals surface area contributed by atoms with E-state index in [9.17, 15) is 14.0 Å². The van der Waals surface area contributed by atoms with Crippen molar-refractivity contribution in [2.75, 3.05) is 51.3 Å². The van der Waals surface area contributed by atoms with Crippen molar-refractivity contribution in [3.8, 4) is 0 Å². The maximum absolute atomic E-state index is 13.5. The second kappa shape index (κ2) is 7.76. The summed E-state index contributed by atoms with van der Waals surface area (Å²) in [5.74, 6) is -1.87. The van der Waals surface area contributed by atoms with E-state index in [1.54, 1.807) is 12.1 Å². The first-order valence-corrected chi connectivity index (χ1v) is 10.6. The summed E-state index contributed by atoms with van der Waals surface area (Å²) in [5, 5.41) is 2.76. The zero-order valence-corrected chi connectivity index (χ0v) is 16.8. The van der Waals surface area contributed by atoms with E-state index < -0.39 is 29.4 Å². The van der Waals surface area contributed by atoms with Crippen LogP contribution in [0.15, 0.2) is 36.4 Å². The van der Waals surface area contributed by atoms with Gasteiger partial charge >= 0.3 is 0 Å². The molecule has 2 amide bonds. The summed E-state index contributed by atoms with van der Waals surface area (Å²) in [5.41, 5.74) is -0.335. The van der Waals surface area contributed by atoms with E-state index in [4.69, 9.17) is 9.47 Å². The molecule has 30 heavy (non-hydrogen) atoms. The molecule has 1 spiro atoms. The molecule has 4 heterocycles. The van der Waals surface area contributed by atoms with Gasteiger partial charge in [-0.3, -0.25) is 14.5 Å². The van der Waals surface area contributed by atoms with E-state index in [-0.39, 0.29) is 11.8 Å². The summed E-state index contributed by atoms with van der Waals surface area (Å²) in [6.07, 6.45) is 4.30. The van der Waals surface area contributed by atoms with Gasteiger partial charge in [-0.15, -0.1) is 0 Å². The molecule has 1 aromatic rings. The maximum Gasteiger partial charge on any atom is 0.231 e. The molecule has 1 N–H and O–H groups in total. The van der Waals surface area contributed by atoms with Gasteiger partial charge < -0.3 is 19.7 Å². The standard InChI is InChI=1S/C22H26FN3O4/c23-15-3-1-4-16(13-15)24-20(27)18-17-5-6-22(30-17)14-26(21(28)19(18)22)8-2-7-25-9-11-29-12-10-25/h1,3-6,13,17-19H,2,7-12,14H2,(H,24,27)/t17-,18+,19-,22+/m1/s1. The highest BCUT2D eigenvalue weighted by atomic mass is 19.1. The molecule has 3 saturated heterocycles. The number of amides is 2. The third-order valence-corrected chi connectivity index (χ3v) is 6.58. The molecule has 160 valence electrons. The summed E-state index contributed by atoms with van der Waals surface area (Å²) >= 11 is 0. The Kier molecular flexibility index (Phi) is 5.08. The Bertz CT molecular complexity index is 872. The summed E-state index contributed by atoms with van der Waals surface area (Å²) in [7, 11) is 0. The highest BCUT2D eigenvalue weighted by Gasteiger charge is 2.66. The molecule has 4 aliphatic rings. The number of nitrogens with one attached hydrogen (secondary N) is 1. The zero-order valence-electron chi connectivity index (χ0n) is 16.8. The van der Waals surface area contributed by atoms with Gasteiger partial charge in [0.1, 0.15) is 11.4 Å². The van der Waals surface area contributed by atoms with E-state index >= 15 is 0 Å². The minimum absolute atomic E-state index is 0.0248. The van der Waals surface area contributed by atoms with Gasteiger partial charge in [-0.1, -0.05) is 18.2 Å².